The van der Waals surface area contributed by atoms with Gasteiger partial charge in [-0.2, -0.15) is 0 Å². The number of hydrogen-bond donors (Lipinski definition) is 2. The van der Waals surface area contributed by atoms with Gasteiger partial charge in [0, 0.05) is 21.4 Å². The number of ether oxygens (including phenoxy) is 1. The zero-order valence-corrected chi connectivity index (χ0v) is 21.1. The smallest absolute Gasteiger partial charge is 0.262 e. The van der Waals surface area contributed by atoms with E-state index >= 15 is 0 Å². The van der Waals surface area contributed by atoms with Crippen LogP contribution in [0.2, 0.25) is 25.1 Å². The van der Waals surface area contributed by atoms with Crippen molar-refractivity contribution in [2.75, 3.05) is 17.2 Å². The van der Waals surface area contributed by atoms with Gasteiger partial charge in [-0.05, 0) is 61.4 Å². The van der Waals surface area contributed by atoms with E-state index in [-0.39, 0.29) is 33.0 Å². The monoisotopic (exact) mass is 544 g/mol. The Morgan fingerprint density at radius 1 is 0.818 bits per heavy atom. The van der Waals surface area contributed by atoms with Gasteiger partial charge in [-0.1, -0.05) is 64.1 Å². The molecule has 2 amide bonds. The van der Waals surface area contributed by atoms with Crippen LogP contribution in [-0.2, 0) is 4.79 Å². The molecule has 3 rings (SSSR count). The number of benzene rings is 3. The highest BCUT2D eigenvalue weighted by Crippen LogP contribution is 2.42. The number of carbonyl (C=O) groups is 2. The van der Waals surface area contributed by atoms with E-state index in [1.54, 1.807) is 44.2 Å². The highest BCUT2D eigenvalue weighted by molar-refractivity contribution is 6.42. The fourth-order valence-electron chi connectivity index (χ4n) is 2.92. The minimum absolute atomic E-state index is 0.189. The first-order valence-corrected chi connectivity index (χ1v) is 11.4. The van der Waals surface area contributed by atoms with Crippen LogP contribution in [0.15, 0.2) is 42.5 Å². The van der Waals surface area contributed by atoms with Gasteiger partial charge in [0.25, 0.3) is 11.8 Å². The van der Waals surface area contributed by atoms with Crippen molar-refractivity contribution >= 4 is 81.2 Å². The third-order valence-corrected chi connectivity index (χ3v) is 6.67. The molecule has 0 heterocycles. The summed E-state index contributed by atoms with van der Waals surface area (Å²) in [6.07, 6.45) is 0. The van der Waals surface area contributed by atoms with Gasteiger partial charge in [-0.15, -0.1) is 0 Å². The van der Waals surface area contributed by atoms with E-state index < -0.39 is 11.8 Å². The Morgan fingerprint density at radius 2 is 1.42 bits per heavy atom. The maximum absolute atomic E-state index is 12.5. The van der Waals surface area contributed by atoms with E-state index in [9.17, 15) is 9.59 Å². The molecule has 0 saturated carbocycles. The van der Waals surface area contributed by atoms with Crippen LogP contribution in [0.5, 0.6) is 5.75 Å². The largest absolute Gasteiger partial charge is 0.481 e. The first-order valence-electron chi connectivity index (χ1n) is 9.51. The van der Waals surface area contributed by atoms with Gasteiger partial charge in [0.2, 0.25) is 0 Å². The van der Waals surface area contributed by atoms with Crippen molar-refractivity contribution in [3.05, 3.63) is 84.3 Å². The van der Waals surface area contributed by atoms with Gasteiger partial charge in [0.1, 0.15) is 0 Å². The minimum atomic E-state index is -0.448. The van der Waals surface area contributed by atoms with E-state index in [0.717, 1.165) is 0 Å². The predicted octanol–water partition coefficient (Wildman–Crippen LogP) is 7.84. The van der Waals surface area contributed by atoms with Crippen LogP contribution in [-0.4, -0.2) is 18.4 Å². The quantitative estimate of drug-likeness (QED) is 0.331. The van der Waals surface area contributed by atoms with Gasteiger partial charge >= 0.3 is 0 Å². The average molecular weight is 547 g/mol. The van der Waals surface area contributed by atoms with E-state index in [2.05, 4.69) is 10.6 Å². The van der Waals surface area contributed by atoms with Crippen LogP contribution in [0.25, 0.3) is 0 Å². The number of halogens is 5. The second-order valence-electron chi connectivity index (χ2n) is 7.02. The van der Waals surface area contributed by atoms with Crippen LogP contribution >= 0.6 is 58.0 Å². The fraction of sp³-hybridized carbons (Fsp3) is 0.130. The summed E-state index contributed by atoms with van der Waals surface area (Å²) in [6, 6.07) is 11.2. The molecule has 0 radical (unpaired) electrons. The van der Waals surface area contributed by atoms with Gasteiger partial charge in [-0.25, -0.2) is 0 Å². The number of hydrogen-bond acceptors (Lipinski definition) is 3. The summed E-state index contributed by atoms with van der Waals surface area (Å²) < 4.78 is 5.56. The molecule has 5 nitrogen and oxygen atoms in total. The SMILES string of the molecule is Cc1c(Cl)c(C)c(Cl)c(OCC(=O)Nc2cccc(NC(=O)c3ccc(Cl)cc3Cl)c2)c1Cl. The molecule has 0 bridgehead atoms. The molecule has 2 N–H and O–H groups in total. The van der Waals surface area contributed by atoms with Crippen LogP contribution in [0, 0.1) is 13.8 Å². The van der Waals surface area contributed by atoms with Crippen molar-refractivity contribution < 1.29 is 14.3 Å². The summed E-state index contributed by atoms with van der Waals surface area (Å²) >= 11 is 30.7. The summed E-state index contributed by atoms with van der Waals surface area (Å²) in [5, 5.41) is 7.01. The van der Waals surface area contributed by atoms with Gasteiger partial charge in [0.05, 0.1) is 20.6 Å². The van der Waals surface area contributed by atoms with E-state index in [4.69, 9.17) is 62.7 Å². The van der Waals surface area contributed by atoms with Crippen molar-refractivity contribution in [1.82, 2.24) is 0 Å². The molecule has 3 aromatic carbocycles. The number of anilines is 2. The lowest BCUT2D eigenvalue weighted by atomic mass is 10.1. The minimum Gasteiger partial charge on any atom is -0.481 e. The third-order valence-electron chi connectivity index (χ3n) is 4.64. The molecule has 0 fully saturated rings. The van der Waals surface area contributed by atoms with E-state index in [0.29, 0.717) is 32.5 Å². The Morgan fingerprint density at radius 3 is 2.03 bits per heavy atom. The lowest BCUT2D eigenvalue weighted by molar-refractivity contribution is -0.118. The lowest BCUT2D eigenvalue weighted by Gasteiger charge is -2.15. The molecule has 33 heavy (non-hydrogen) atoms. The normalized spacial score (nSPS) is 10.6. The van der Waals surface area contributed by atoms with Gasteiger partial charge in [-0.3, -0.25) is 9.59 Å². The lowest BCUT2D eigenvalue weighted by Crippen LogP contribution is -2.20. The molecule has 0 spiro atoms. The van der Waals surface area contributed by atoms with E-state index in [1.807, 2.05) is 0 Å². The molecule has 172 valence electrons. The molecular weight excluding hydrogens is 530 g/mol. The number of amides is 2. The highest BCUT2D eigenvalue weighted by Gasteiger charge is 2.19. The molecule has 0 unspecified atom stereocenters. The molecule has 0 aliphatic heterocycles. The van der Waals surface area contributed by atoms with Crippen molar-refractivity contribution in [2.45, 2.75) is 13.8 Å². The van der Waals surface area contributed by atoms with Crippen molar-refractivity contribution in [3.8, 4) is 5.75 Å². The Balaban J connectivity index is 1.66. The number of rotatable bonds is 6. The Hall–Kier alpha value is -2.15. The summed E-state index contributed by atoms with van der Waals surface area (Å²) in [7, 11) is 0. The second-order valence-corrected chi connectivity index (χ2v) is 8.99. The second kappa shape index (κ2) is 10.9. The maximum atomic E-state index is 12.5. The molecule has 0 saturated heterocycles. The molecule has 3 aromatic rings. The van der Waals surface area contributed by atoms with Crippen LogP contribution in [0.4, 0.5) is 11.4 Å². The van der Waals surface area contributed by atoms with Crippen LogP contribution in [0.3, 0.4) is 0 Å². The van der Waals surface area contributed by atoms with Crippen LogP contribution in [0.1, 0.15) is 21.5 Å². The van der Waals surface area contributed by atoms with Crippen LogP contribution < -0.4 is 15.4 Å². The first-order chi connectivity index (χ1) is 15.6. The first kappa shape index (κ1) is 25.5. The molecule has 0 atom stereocenters. The van der Waals surface area contributed by atoms with Crippen molar-refractivity contribution in [2.24, 2.45) is 0 Å². The maximum Gasteiger partial charge on any atom is 0.262 e. The molecule has 10 heteroatoms. The number of nitrogens with one attached hydrogen (secondary N) is 2. The number of carbonyl (C=O) groups excluding carboxylic acids is 2. The average Bonchev–Trinajstić information content (AvgIpc) is 2.76. The zero-order chi connectivity index (χ0) is 24.3. The van der Waals surface area contributed by atoms with E-state index in [1.165, 1.54) is 12.1 Å². The summed E-state index contributed by atoms with van der Waals surface area (Å²) in [5.41, 5.74) is 2.40. The molecule has 0 aliphatic carbocycles. The van der Waals surface area contributed by atoms with Gasteiger partial charge in [0.15, 0.2) is 12.4 Å². The molecule has 0 aromatic heterocycles. The van der Waals surface area contributed by atoms with Gasteiger partial charge < -0.3 is 15.4 Å². The molecule has 0 aliphatic rings. The standard InChI is InChI=1S/C23H17Cl5N2O3/c1-11-19(26)12(2)21(28)22(20(11)27)33-10-18(31)29-14-4-3-5-15(9-14)30-23(32)16-7-6-13(24)8-17(16)25/h3-9H,10H2,1-2H3,(H,29,31)(H,30,32). The summed E-state index contributed by atoms with van der Waals surface area (Å²) in [5.74, 6) is -0.674. The fourth-order valence-corrected chi connectivity index (χ4v) is 4.23. The highest BCUT2D eigenvalue weighted by atomic mass is 35.5. The Bertz CT molecular complexity index is 1220. The predicted molar refractivity (Wildman–Crippen MR) is 136 cm³/mol. The summed E-state index contributed by atoms with van der Waals surface area (Å²) in [4.78, 5) is 24.9. The topological polar surface area (TPSA) is 67.4 Å². The molecular formula is C23H17Cl5N2O3. The third kappa shape index (κ3) is 6.05. The summed E-state index contributed by atoms with van der Waals surface area (Å²) in [6.45, 7) is 3.13. The van der Waals surface area contributed by atoms with Crippen molar-refractivity contribution in [1.29, 1.82) is 0 Å². The Kier molecular flexibility index (Phi) is 8.38. The van der Waals surface area contributed by atoms with Crippen molar-refractivity contribution in [3.63, 3.8) is 0 Å². The Labute approximate surface area is 215 Å². The zero-order valence-electron chi connectivity index (χ0n) is 17.4.